The van der Waals surface area contributed by atoms with Gasteiger partial charge in [0.1, 0.15) is 0 Å². The van der Waals surface area contributed by atoms with E-state index in [1.54, 1.807) is 0 Å². The highest BCUT2D eigenvalue weighted by atomic mass is 31.2. The number of rotatable bonds is 2. The van der Waals surface area contributed by atoms with Gasteiger partial charge in [0.25, 0.3) is 5.08 Å². The zero-order valence-electron chi connectivity index (χ0n) is 7.95. The number of hydrogen-bond acceptors (Lipinski definition) is 3. The Kier molecular flexibility index (Phi) is 1.62. The molecular formula is C2H8O7P2. The maximum absolute atomic E-state index is 10.5. The quantitative estimate of drug-likeness (QED) is 0.368. The molecular weight excluding hydrogens is 198 g/mol. The van der Waals surface area contributed by atoms with Crippen molar-refractivity contribution in [2.45, 2.75) is 11.9 Å². The predicted molar refractivity (Wildman–Crippen MR) is 34.7 cm³/mol. The molecule has 68 valence electrons. The van der Waals surface area contributed by atoms with Crippen LogP contribution in [-0.2, 0) is 9.13 Å². The van der Waals surface area contributed by atoms with Crippen LogP contribution in [0.2, 0.25) is 0 Å². The number of hydrogen-bond donors (Lipinski definition) is 5. The van der Waals surface area contributed by atoms with Gasteiger partial charge in [0.2, 0.25) is 0 Å². The topological polar surface area (TPSA) is 135 Å². The second-order valence-electron chi connectivity index (χ2n) is 1.72. The summed E-state index contributed by atoms with van der Waals surface area (Å²) in [6, 6.07) is 0. The van der Waals surface area contributed by atoms with E-state index >= 15 is 0 Å². The Hall–Kier alpha value is 0.260. The highest BCUT2D eigenvalue weighted by molar-refractivity contribution is 7.71. The van der Waals surface area contributed by atoms with Crippen molar-refractivity contribution in [2.24, 2.45) is 0 Å². The molecule has 0 aliphatic carbocycles. The van der Waals surface area contributed by atoms with Crippen molar-refractivity contribution in [3.63, 3.8) is 0 Å². The molecule has 7 nitrogen and oxygen atoms in total. The van der Waals surface area contributed by atoms with Gasteiger partial charge in [-0.15, -0.1) is 0 Å². The summed E-state index contributed by atoms with van der Waals surface area (Å²) in [7, 11) is -11.8. The van der Waals surface area contributed by atoms with Crippen molar-refractivity contribution < 1.29 is 37.9 Å². The Bertz CT molecular complexity index is 287. The summed E-state index contributed by atoms with van der Waals surface area (Å²) in [5.74, 6) is 0. The van der Waals surface area contributed by atoms with Gasteiger partial charge in [0.05, 0.1) is 0 Å². The highest BCUT2D eigenvalue weighted by Crippen LogP contribution is 2.66. The third-order valence-electron chi connectivity index (χ3n) is 0.812. The molecule has 0 unspecified atom stereocenters. The summed E-state index contributed by atoms with van der Waals surface area (Å²) >= 11 is 0. The lowest BCUT2D eigenvalue weighted by atomic mass is 10.9. The molecule has 0 saturated carbocycles. The molecule has 0 aliphatic heterocycles. The van der Waals surface area contributed by atoms with Gasteiger partial charge in [-0.1, -0.05) is 0 Å². The highest BCUT2D eigenvalue weighted by Gasteiger charge is 2.55. The Morgan fingerprint density at radius 1 is 1.18 bits per heavy atom. The smallest absolute Gasteiger partial charge is 0.368 e. The fourth-order valence-corrected chi connectivity index (χ4v) is 1.53. The number of aliphatic hydroxyl groups is 1. The molecule has 0 amide bonds. The summed E-state index contributed by atoms with van der Waals surface area (Å²) in [5, 5.41) is 4.58. The van der Waals surface area contributed by atoms with Gasteiger partial charge in [-0.25, -0.2) is 0 Å². The summed E-state index contributed by atoms with van der Waals surface area (Å²) < 4.78 is 40.6. The van der Waals surface area contributed by atoms with Gasteiger partial charge in [0, 0.05) is 4.11 Å². The fraction of sp³-hybridized carbons (Fsp3) is 1.00. The standard InChI is InChI=1S/C2H8O7P2/c1-2(3,10(4,5)6)11(7,8)9/h3H,1H3,(H2,4,5,6)(H2,7,8,9)/i1D3. The average molecular weight is 209 g/mol. The van der Waals surface area contributed by atoms with Crippen molar-refractivity contribution >= 4 is 15.2 Å². The van der Waals surface area contributed by atoms with Crippen LogP contribution < -0.4 is 0 Å². The third-order valence-corrected chi connectivity index (χ3v) is 4.00. The van der Waals surface area contributed by atoms with E-state index in [1.165, 1.54) is 0 Å². The van der Waals surface area contributed by atoms with Crippen LogP contribution >= 0.6 is 15.2 Å². The molecule has 0 aromatic carbocycles. The van der Waals surface area contributed by atoms with Gasteiger partial charge in [-0.05, 0) is 6.85 Å². The minimum Gasteiger partial charge on any atom is -0.368 e. The maximum atomic E-state index is 10.5. The molecule has 0 atom stereocenters. The predicted octanol–water partition coefficient (Wildman–Crippen LogP) is -0.992. The molecule has 5 N–H and O–H groups in total. The second kappa shape index (κ2) is 2.64. The lowest BCUT2D eigenvalue weighted by Crippen LogP contribution is -2.23. The van der Waals surface area contributed by atoms with E-state index < -0.39 is 27.1 Å². The van der Waals surface area contributed by atoms with E-state index in [-0.39, 0.29) is 0 Å². The zero-order valence-corrected chi connectivity index (χ0v) is 6.74. The van der Waals surface area contributed by atoms with Crippen molar-refractivity contribution in [2.75, 3.05) is 0 Å². The largest absolute Gasteiger partial charge is 0.369 e. The molecule has 9 heteroatoms. The summed E-state index contributed by atoms with van der Waals surface area (Å²) in [6.45, 7) is -3.90. The Balaban J connectivity index is 5.81. The Labute approximate surface area is 66.2 Å². The van der Waals surface area contributed by atoms with Crippen LogP contribution in [0.4, 0.5) is 0 Å². The van der Waals surface area contributed by atoms with E-state index in [0.717, 1.165) is 0 Å². The summed E-state index contributed by atoms with van der Waals surface area (Å²) in [4.78, 5) is 33.7. The fourth-order valence-electron chi connectivity index (χ4n) is 0.170. The second-order valence-corrected chi connectivity index (χ2v) is 5.55. The molecule has 0 aliphatic rings. The van der Waals surface area contributed by atoms with Crippen molar-refractivity contribution in [3.8, 4) is 0 Å². The molecule has 0 spiro atoms. The first-order valence-corrected chi connectivity index (χ1v) is 5.31. The summed E-state index contributed by atoms with van der Waals surface area (Å²) in [6.07, 6.45) is 0. The first kappa shape index (κ1) is 6.74. The normalized spacial score (nSPS) is 20.3. The first-order chi connectivity index (χ1) is 5.75. The van der Waals surface area contributed by atoms with Crippen LogP contribution in [0.1, 0.15) is 11.0 Å². The van der Waals surface area contributed by atoms with Crippen molar-refractivity contribution in [3.05, 3.63) is 0 Å². The van der Waals surface area contributed by atoms with Crippen molar-refractivity contribution in [1.82, 2.24) is 0 Å². The van der Waals surface area contributed by atoms with E-state index in [4.69, 9.17) is 28.8 Å². The Morgan fingerprint density at radius 2 is 1.45 bits per heavy atom. The molecule has 0 saturated heterocycles. The third kappa shape index (κ3) is 2.10. The van der Waals surface area contributed by atoms with E-state index in [2.05, 4.69) is 0 Å². The van der Waals surface area contributed by atoms with Crippen LogP contribution in [0.5, 0.6) is 0 Å². The molecule has 11 heavy (non-hydrogen) atoms. The van der Waals surface area contributed by atoms with Crippen LogP contribution in [-0.4, -0.2) is 29.8 Å². The van der Waals surface area contributed by atoms with Crippen LogP contribution in [0, 0.1) is 0 Å². The Morgan fingerprint density at radius 3 is 1.45 bits per heavy atom. The monoisotopic (exact) mass is 209 g/mol. The van der Waals surface area contributed by atoms with Gasteiger partial charge in [-0.2, -0.15) is 0 Å². The summed E-state index contributed by atoms with van der Waals surface area (Å²) in [5.41, 5.74) is 0. The van der Waals surface area contributed by atoms with Gasteiger partial charge in [-0.3, -0.25) is 9.13 Å². The first-order valence-electron chi connectivity index (χ1n) is 3.59. The zero-order chi connectivity index (χ0) is 12.0. The van der Waals surface area contributed by atoms with Crippen molar-refractivity contribution in [1.29, 1.82) is 0 Å². The lowest BCUT2D eigenvalue weighted by molar-refractivity contribution is 0.146. The van der Waals surface area contributed by atoms with Crippen LogP contribution in [0.15, 0.2) is 0 Å². The van der Waals surface area contributed by atoms with Gasteiger partial charge < -0.3 is 24.7 Å². The minimum absolute atomic E-state index is 3.90. The molecule has 0 fully saturated rings. The molecule has 0 aromatic heterocycles. The SMILES string of the molecule is [2H]C([2H])([2H])C(O)(P(=O)(O)O)P(=O)(O)O. The molecule has 0 bridgehead atoms. The average Bonchev–Trinajstić information content (AvgIpc) is 1.77. The molecule has 0 heterocycles. The molecule has 0 radical (unpaired) electrons. The van der Waals surface area contributed by atoms with Crippen LogP contribution in [0.3, 0.4) is 0 Å². The maximum Gasteiger partial charge on any atom is 0.369 e. The van der Waals surface area contributed by atoms with E-state index in [9.17, 15) is 9.13 Å². The van der Waals surface area contributed by atoms with Gasteiger partial charge in [0.15, 0.2) is 0 Å². The van der Waals surface area contributed by atoms with Gasteiger partial charge >= 0.3 is 15.2 Å². The van der Waals surface area contributed by atoms with Crippen LogP contribution in [0.25, 0.3) is 0 Å². The molecule has 0 aromatic rings. The lowest BCUT2D eigenvalue weighted by Gasteiger charge is -2.24. The van der Waals surface area contributed by atoms with E-state index in [1.807, 2.05) is 0 Å². The minimum atomic E-state index is -5.90. The van der Waals surface area contributed by atoms with E-state index in [0.29, 0.717) is 0 Å². The molecule has 0 rings (SSSR count).